The Kier molecular flexibility index (Phi) is 4.14. The van der Waals surface area contributed by atoms with E-state index in [1.165, 1.54) is 5.57 Å². The molecule has 1 atom stereocenters. The summed E-state index contributed by atoms with van der Waals surface area (Å²) in [6.45, 7) is 3.12. The normalized spacial score (nSPS) is 24.1. The minimum Gasteiger partial charge on any atom is -0.355 e. The van der Waals surface area contributed by atoms with Gasteiger partial charge in [0.2, 0.25) is 11.8 Å². The fourth-order valence-corrected chi connectivity index (χ4v) is 2.18. The molecular weight excluding hydrogens is 218 g/mol. The number of rotatable bonds is 4. The van der Waals surface area contributed by atoms with Gasteiger partial charge in [0.15, 0.2) is 0 Å². The molecule has 0 aromatic rings. The second kappa shape index (κ2) is 5.82. The largest absolute Gasteiger partial charge is 0.355 e. The first-order chi connectivity index (χ1) is 8.25. The molecule has 2 aliphatic heterocycles. The summed E-state index contributed by atoms with van der Waals surface area (Å²) in [5.74, 6) is -0.200. The summed E-state index contributed by atoms with van der Waals surface area (Å²) in [7, 11) is 0. The standard InChI is InChI=1S/C12H19N3O2/c16-11-7-10(8-15-11)12(17)14-6-3-9-1-4-13-5-2-9/h1,10,13H,2-8H2,(H,14,17)(H,15,16). The van der Waals surface area contributed by atoms with Gasteiger partial charge >= 0.3 is 0 Å². The molecule has 5 nitrogen and oxygen atoms in total. The highest BCUT2D eigenvalue weighted by molar-refractivity contribution is 5.89. The minimum absolute atomic E-state index is 0.00196. The third kappa shape index (κ3) is 3.56. The molecule has 0 aliphatic carbocycles. The number of carbonyl (C=O) groups excluding carboxylic acids is 2. The molecule has 0 aromatic carbocycles. The zero-order chi connectivity index (χ0) is 12.1. The van der Waals surface area contributed by atoms with Crippen molar-refractivity contribution in [2.75, 3.05) is 26.2 Å². The Labute approximate surface area is 101 Å². The van der Waals surface area contributed by atoms with E-state index in [0.717, 1.165) is 25.9 Å². The maximum absolute atomic E-state index is 11.7. The average molecular weight is 237 g/mol. The lowest BCUT2D eigenvalue weighted by molar-refractivity contribution is -0.126. The van der Waals surface area contributed by atoms with E-state index in [2.05, 4.69) is 22.0 Å². The van der Waals surface area contributed by atoms with Gasteiger partial charge in [-0.05, 0) is 19.4 Å². The number of nitrogens with one attached hydrogen (secondary N) is 3. The van der Waals surface area contributed by atoms with Gasteiger partial charge in [-0.2, -0.15) is 0 Å². The van der Waals surface area contributed by atoms with Crippen LogP contribution in [-0.4, -0.2) is 38.0 Å². The van der Waals surface area contributed by atoms with Crippen LogP contribution in [0.25, 0.3) is 0 Å². The predicted molar refractivity (Wildman–Crippen MR) is 64.3 cm³/mol. The number of hydrogen-bond acceptors (Lipinski definition) is 3. The molecule has 0 radical (unpaired) electrons. The summed E-state index contributed by atoms with van der Waals surface area (Å²) < 4.78 is 0. The highest BCUT2D eigenvalue weighted by atomic mass is 16.2. The van der Waals surface area contributed by atoms with Crippen molar-refractivity contribution in [3.63, 3.8) is 0 Å². The van der Waals surface area contributed by atoms with E-state index in [0.29, 0.717) is 19.5 Å². The summed E-state index contributed by atoms with van der Waals surface area (Å²) in [4.78, 5) is 22.7. The molecule has 1 fully saturated rings. The van der Waals surface area contributed by atoms with Crippen molar-refractivity contribution in [2.45, 2.75) is 19.3 Å². The Morgan fingerprint density at radius 2 is 2.41 bits per heavy atom. The van der Waals surface area contributed by atoms with Crippen LogP contribution in [0.1, 0.15) is 19.3 Å². The Bertz CT molecular complexity index is 339. The van der Waals surface area contributed by atoms with Gasteiger partial charge < -0.3 is 16.0 Å². The fraction of sp³-hybridized carbons (Fsp3) is 0.667. The number of carbonyl (C=O) groups is 2. The molecule has 3 N–H and O–H groups in total. The van der Waals surface area contributed by atoms with E-state index in [9.17, 15) is 9.59 Å². The third-order valence-corrected chi connectivity index (χ3v) is 3.25. The fourth-order valence-electron chi connectivity index (χ4n) is 2.18. The van der Waals surface area contributed by atoms with Crippen molar-refractivity contribution in [3.8, 4) is 0 Å². The van der Waals surface area contributed by atoms with Crippen molar-refractivity contribution in [1.29, 1.82) is 0 Å². The third-order valence-electron chi connectivity index (χ3n) is 3.25. The first-order valence-corrected chi connectivity index (χ1v) is 6.19. The first kappa shape index (κ1) is 12.1. The Morgan fingerprint density at radius 1 is 1.53 bits per heavy atom. The van der Waals surface area contributed by atoms with Gasteiger partial charge in [-0.15, -0.1) is 0 Å². The molecule has 2 aliphatic rings. The maximum atomic E-state index is 11.7. The van der Waals surface area contributed by atoms with Crippen LogP contribution in [0.4, 0.5) is 0 Å². The van der Waals surface area contributed by atoms with Crippen LogP contribution in [-0.2, 0) is 9.59 Å². The molecule has 2 amide bonds. The highest BCUT2D eigenvalue weighted by Gasteiger charge is 2.27. The summed E-state index contributed by atoms with van der Waals surface area (Å²) in [6.07, 6.45) is 4.51. The molecule has 2 heterocycles. The van der Waals surface area contributed by atoms with Crippen LogP contribution >= 0.6 is 0 Å². The second-order valence-corrected chi connectivity index (χ2v) is 4.56. The molecule has 0 bridgehead atoms. The van der Waals surface area contributed by atoms with Crippen LogP contribution < -0.4 is 16.0 Å². The van der Waals surface area contributed by atoms with Gasteiger partial charge in [0.05, 0.1) is 5.92 Å². The zero-order valence-electron chi connectivity index (χ0n) is 9.92. The Hall–Kier alpha value is -1.36. The summed E-state index contributed by atoms with van der Waals surface area (Å²) >= 11 is 0. The van der Waals surface area contributed by atoms with Gasteiger partial charge in [0, 0.05) is 26.1 Å². The SMILES string of the molecule is O=C1CC(C(=O)NCCC2=CCNCC2)CN1. The van der Waals surface area contributed by atoms with Gasteiger partial charge in [-0.25, -0.2) is 0 Å². The van der Waals surface area contributed by atoms with E-state index in [4.69, 9.17) is 0 Å². The quantitative estimate of drug-likeness (QED) is 0.580. The molecule has 0 saturated carbocycles. The monoisotopic (exact) mass is 237 g/mol. The van der Waals surface area contributed by atoms with Crippen molar-refractivity contribution in [2.24, 2.45) is 5.92 Å². The van der Waals surface area contributed by atoms with Crippen LogP contribution in [0, 0.1) is 5.92 Å². The molecule has 1 unspecified atom stereocenters. The van der Waals surface area contributed by atoms with Crippen LogP contribution in [0.2, 0.25) is 0 Å². The minimum atomic E-state index is -0.176. The summed E-state index contributed by atoms with van der Waals surface area (Å²) in [5.41, 5.74) is 1.41. The van der Waals surface area contributed by atoms with E-state index >= 15 is 0 Å². The van der Waals surface area contributed by atoms with E-state index in [1.807, 2.05) is 0 Å². The molecule has 0 aromatic heterocycles. The topological polar surface area (TPSA) is 70.2 Å². The van der Waals surface area contributed by atoms with Crippen LogP contribution in [0.15, 0.2) is 11.6 Å². The molecule has 17 heavy (non-hydrogen) atoms. The number of hydrogen-bond donors (Lipinski definition) is 3. The Morgan fingerprint density at radius 3 is 3.06 bits per heavy atom. The lowest BCUT2D eigenvalue weighted by Crippen LogP contribution is -2.33. The maximum Gasteiger partial charge on any atom is 0.225 e. The van der Waals surface area contributed by atoms with Crippen molar-refractivity contribution in [3.05, 3.63) is 11.6 Å². The first-order valence-electron chi connectivity index (χ1n) is 6.19. The van der Waals surface area contributed by atoms with Crippen molar-refractivity contribution < 1.29 is 9.59 Å². The zero-order valence-corrected chi connectivity index (χ0v) is 9.92. The molecule has 2 rings (SSSR count). The molecule has 0 spiro atoms. The molecular formula is C12H19N3O2. The van der Waals surface area contributed by atoms with E-state index in [-0.39, 0.29) is 17.7 Å². The second-order valence-electron chi connectivity index (χ2n) is 4.56. The lowest BCUT2D eigenvalue weighted by Gasteiger charge is -2.15. The summed E-state index contributed by atoms with van der Waals surface area (Å²) in [6, 6.07) is 0. The van der Waals surface area contributed by atoms with E-state index in [1.54, 1.807) is 0 Å². The highest BCUT2D eigenvalue weighted by Crippen LogP contribution is 2.10. The molecule has 5 heteroatoms. The molecule has 94 valence electrons. The molecule has 1 saturated heterocycles. The Balaban J connectivity index is 1.66. The van der Waals surface area contributed by atoms with Gasteiger partial charge in [0.25, 0.3) is 0 Å². The van der Waals surface area contributed by atoms with Crippen molar-refractivity contribution >= 4 is 11.8 Å². The van der Waals surface area contributed by atoms with E-state index < -0.39 is 0 Å². The smallest absolute Gasteiger partial charge is 0.225 e. The average Bonchev–Trinajstić information content (AvgIpc) is 2.77. The van der Waals surface area contributed by atoms with Gasteiger partial charge in [-0.1, -0.05) is 11.6 Å². The lowest BCUT2D eigenvalue weighted by atomic mass is 10.1. The van der Waals surface area contributed by atoms with Crippen LogP contribution in [0.5, 0.6) is 0 Å². The van der Waals surface area contributed by atoms with Crippen molar-refractivity contribution in [1.82, 2.24) is 16.0 Å². The van der Waals surface area contributed by atoms with Crippen LogP contribution in [0.3, 0.4) is 0 Å². The van der Waals surface area contributed by atoms with Gasteiger partial charge in [-0.3, -0.25) is 9.59 Å². The summed E-state index contributed by atoms with van der Waals surface area (Å²) in [5, 5.41) is 8.82. The van der Waals surface area contributed by atoms with Gasteiger partial charge in [0.1, 0.15) is 0 Å². The predicted octanol–water partition coefficient (Wildman–Crippen LogP) is -0.451. The number of amides is 2.